The molecule has 0 aliphatic rings. The van der Waals surface area contributed by atoms with Crippen LogP contribution in [0, 0.1) is 6.92 Å². The third-order valence-electron chi connectivity index (χ3n) is 3.44. The number of aryl methyl sites for hydroxylation is 1. The first kappa shape index (κ1) is 14.7. The van der Waals surface area contributed by atoms with Gasteiger partial charge >= 0.3 is 0 Å². The highest BCUT2D eigenvalue weighted by Gasteiger charge is 2.16. The smallest absolute Gasteiger partial charge is 0.229 e. The summed E-state index contributed by atoms with van der Waals surface area (Å²) in [5.41, 5.74) is 7.77. The van der Waals surface area contributed by atoms with Crippen LogP contribution >= 0.6 is 0 Å². The zero-order chi connectivity index (χ0) is 14.5. The summed E-state index contributed by atoms with van der Waals surface area (Å²) in [5.74, 6) is 1.56. The van der Waals surface area contributed by atoms with Crippen molar-refractivity contribution < 1.29 is 4.52 Å². The van der Waals surface area contributed by atoms with Crippen molar-refractivity contribution in [3.05, 3.63) is 29.9 Å². The molecule has 0 radical (unpaired) electrons. The van der Waals surface area contributed by atoms with Gasteiger partial charge in [-0.05, 0) is 38.3 Å². The molecule has 2 unspecified atom stereocenters. The molecule has 2 atom stereocenters. The Bertz CT molecular complexity index is 550. The molecule has 2 heterocycles. The van der Waals surface area contributed by atoms with E-state index in [1.165, 1.54) is 0 Å². The third-order valence-corrected chi connectivity index (χ3v) is 3.44. The van der Waals surface area contributed by atoms with Crippen LogP contribution in [0.2, 0.25) is 0 Å². The Hall–Kier alpha value is -1.75. The van der Waals surface area contributed by atoms with Gasteiger partial charge < -0.3 is 10.3 Å². The molecule has 2 N–H and O–H groups in total. The Morgan fingerprint density at radius 1 is 1.30 bits per heavy atom. The first-order valence-corrected chi connectivity index (χ1v) is 7.08. The molecule has 0 fully saturated rings. The zero-order valence-corrected chi connectivity index (χ0v) is 12.3. The molecular weight excluding hydrogens is 252 g/mol. The van der Waals surface area contributed by atoms with Crippen molar-refractivity contribution in [2.24, 2.45) is 5.73 Å². The van der Waals surface area contributed by atoms with E-state index < -0.39 is 0 Å². The van der Waals surface area contributed by atoms with E-state index in [0.717, 1.165) is 30.4 Å². The molecule has 0 bridgehead atoms. The van der Waals surface area contributed by atoms with Gasteiger partial charge in [0.15, 0.2) is 0 Å². The fourth-order valence-corrected chi connectivity index (χ4v) is 2.11. The molecule has 2 aromatic heterocycles. The summed E-state index contributed by atoms with van der Waals surface area (Å²) in [6, 6.07) is 2.19. The van der Waals surface area contributed by atoms with Gasteiger partial charge in [-0.15, -0.1) is 0 Å². The van der Waals surface area contributed by atoms with E-state index in [-0.39, 0.29) is 12.0 Å². The summed E-state index contributed by atoms with van der Waals surface area (Å²) in [6.45, 7) is 6.15. The van der Waals surface area contributed by atoms with Gasteiger partial charge in [-0.1, -0.05) is 18.5 Å². The minimum atomic E-state index is 0.249. The average molecular weight is 274 g/mol. The Kier molecular flexibility index (Phi) is 4.84. The second-order valence-electron chi connectivity index (χ2n) is 5.46. The Balaban J connectivity index is 2.03. The van der Waals surface area contributed by atoms with Crippen LogP contribution in [0.25, 0.3) is 11.4 Å². The Morgan fingerprint density at radius 2 is 2.10 bits per heavy atom. The second kappa shape index (κ2) is 6.61. The lowest BCUT2D eigenvalue weighted by atomic mass is 10.0. The Morgan fingerprint density at radius 3 is 2.80 bits per heavy atom. The maximum Gasteiger partial charge on any atom is 0.229 e. The van der Waals surface area contributed by atoms with Gasteiger partial charge in [0.2, 0.25) is 11.7 Å². The highest BCUT2D eigenvalue weighted by atomic mass is 16.5. The topological polar surface area (TPSA) is 77.8 Å². The number of rotatable bonds is 6. The first-order chi connectivity index (χ1) is 9.58. The van der Waals surface area contributed by atoms with Gasteiger partial charge in [0.25, 0.3) is 0 Å². The van der Waals surface area contributed by atoms with Crippen molar-refractivity contribution in [2.75, 3.05) is 0 Å². The summed E-state index contributed by atoms with van der Waals surface area (Å²) >= 11 is 0. The summed E-state index contributed by atoms with van der Waals surface area (Å²) in [6.07, 6.45) is 6.63. The molecule has 0 saturated heterocycles. The van der Waals surface area contributed by atoms with E-state index in [2.05, 4.69) is 22.0 Å². The monoisotopic (exact) mass is 274 g/mol. The Labute approximate surface area is 119 Å². The van der Waals surface area contributed by atoms with Gasteiger partial charge in [0.05, 0.1) is 0 Å². The number of nitrogens with two attached hydrogens (primary N) is 1. The van der Waals surface area contributed by atoms with Crippen LogP contribution in [0.4, 0.5) is 0 Å². The molecule has 5 heteroatoms. The van der Waals surface area contributed by atoms with Gasteiger partial charge in [-0.3, -0.25) is 4.98 Å². The normalized spacial score (nSPS) is 14.2. The van der Waals surface area contributed by atoms with Crippen molar-refractivity contribution in [2.45, 2.75) is 52.0 Å². The van der Waals surface area contributed by atoms with E-state index >= 15 is 0 Å². The summed E-state index contributed by atoms with van der Waals surface area (Å²) in [4.78, 5) is 8.60. The molecule has 0 aliphatic carbocycles. The summed E-state index contributed by atoms with van der Waals surface area (Å²) in [5, 5.41) is 4.06. The quantitative estimate of drug-likeness (QED) is 0.875. The molecule has 2 aromatic rings. The van der Waals surface area contributed by atoms with Crippen molar-refractivity contribution in [3.63, 3.8) is 0 Å². The van der Waals surface area contributed by atoms with E-state index in [9.17, 15) is 0 Å². The molecule has 0 spiro atoms. The summed E-state index contributed by atoms with van der Waals surface area (Å²) < 4.78 is 5.37. The highest BCUT2D eigenvalue weighted by Crippen LogP contribution is 2.24. The van der Waals surface area contributed by atoms with Crippen molar-refractivity contribution in [3.8, 4) is 11.4 Å². The van der Waals surface area contributed by atoms with Gasteiger partial charge in [-0.2, -0.15) is 4.98 Å². The number of nitrogens with zero attached hydrogens (tertiary/aromatic N) is 3. The third kappa shape index (κ3) is 3.63. The molecule has 2 rings (SSSR count). The van der Waals surface area contributed by atoms with Crippen molar-refractivity contribution in [1.82, 2.24) is 15.1 Å². The standard InChI is InChI=1S/C15H22N4O/c1-10-7-8-17-9-13(10)14-18-15(20-19-14)11(2)5-4-6-12(3)16/h7-9,11-12H,4-6,16H2,1-3H3. The van der Waals surface area contributed by atoms with E-state index in [0.29, 0.717) is 11.7 Å². The van der Waals surface area contributed by atoms with Crippen LogP contribution in [0.3, 0.4) is 0 Å². The van der Waals surface area contributed by atoms with Crippen LogP contribution in [-0.2, 0) is 0 Å². The van der Waals surface area contributed by atoms with Crippen LogP contribution in [0.1, 0.15) is 50.5 Å². The van der Waals surface area contributed by atoms with Crippen molar-refractivity contribution >= 4 is 0 Å². The second-order valence-corrected chi connectivity index (χ2v) is 5.46. The lowest BCUT2D eigenvalue weighted by Crippen LogP contribution is -2.14. The van der Waals surface area contributed by atoms with Crippen LogP contribution in [0.5, 0.6) is 0 Å². The highest BCUT2D eigenvalue weighted by molar-refractivity contribution is 5.57. The largest absolute Gasteiger partial charge is 0.339 e. The molecule has 5 nitrogen and oxygen atoms in total. The molecular formula is C15H22N4O. The molecule has 20 heavy (non-hydrogen) atoms. The molecule has 108 valence electrons. The van der Waals surface area contributed by atoms with Gasteiger partial charge in [0.1, 0.15) is 0 Å². The van der Waals surface area contributed by atoms with E-state index in [4.69, 9.17) is 10.3 Å². The number of hydrogen-bond donors (Lipinski definition) is 1. The van der Waals surface area contributed by atoms with Crippen LogP contribution in [0.15, 0.2) is 23.0 Å². The lowest BCUT2D eigenvalue weighted by molar-refractivity contribution is 0.350. The predicted octanol–water partition coefficient (Wildman–Crippen LogP) is 3.06. The minimum Gasteiger partial charge on any atom is -0.339 e. The fourth-order valence-electron chi connectivity index (χ4n) is 2.11. The predicted molar refractivity (Wildman–Crippen MR) is 78.2 cm³/mol. The molecule has 0 saturated carbocycles. The van der Waals surface area contributed by atoms with E-state index in [1.807, 2.05) is 19.9 Å². The first-order valence-electron chi connectivity index (χ1n) is 7.08. The number of aromatic nitrogens is 3. The zero-order valence-electron chi connectivity index (χ0n) is 12.3. The lowest BCUT2D eigenvalue weighted by Gasteiger charge is -2.07. The minimum absolute atomic E-state index is 0.249. The van der Waals surface area contributed by atoms with E-state index in [1.54, 1.807) is 12.4 Å². The molecule has 0 amide bonds. The van der Waals surface area contributed by atoms with Gasteiger partial charge in [-0.25, -0.2) is 0 Å². The van der Waals surface area contributed by atoms with Crippen molar-refractivity contribution in [1.29, 1.82) is 0 Å². The number of pyridine rings is 1. The van der Waals surface area contributed by atoms with Crippen LogP contribution < -0.4 is 5.73 Å². The SMILES string of the molecule is Cc1ccncc1-c1noc(C(C)CCCC(C)N)n1. The maximum atomic E-state index is 5.76. The van der Waals surface area contributed by atoms with Gasteiger partial charge in [0, 0.05) is 29.9 Å². The fraction of sp³-hybridized carbons (Fsp3) is 0.533. The maximum absolute atomic E-state index is 5.76. The summed E-state index contributed by atoms with van der Waals surface area (Å²) in [7, 11) is 0. The molecule has 0 aliphatic heterocycles. The molecule has 0 aromatic carbocycles. The average Bonchev–Trinajstić information content (AvgIpc) is 2.88. The van der Waals surface area contributed by atoms with Crippen LogP contribution in [-0.4, -0.2) is 21.2 Å². The number of hydrogen-bond acceptors (Lipinski definition) is 5.